The first-order chi connectivity index (χ1) is 6.65. The summed E-state index contributed by atoms with van der Waals surface area (Å²) in [5.74, 6) is -0.0352. The molecular formula is C12H19NO. The van der Waals surface area contributed by atoms with Crippen molar-refractivity contribution in [2.45, 2.75) is 27.2 Å². The summed E-state index contributed by atoms with van der Waals surface area (Å²) in [6.45, 7) is 5.99. The number of carbonyl (C=O) groups is 1. The maximum atomic E-state index is 11.4. The summed E-state index contributed by atoms with van der Waals surface area (Å²) in [6, 6.07) is 0. The normalized spacial score (nSPS) is 13.4. The number of rotatable bonds is 4. The van der Waals surface area contributed by atoms with Crippen LogP contribution < -0.4 is 5.32 Å². The van der Waals surface area contributed by atoms with E-state index in [1.165, 1.54) is 0 Å². The zero-order valence-electron chi connectivity index (χ0n) is 9.42. The van der Waals surface area contributed by atoms with Crippen LogP contribution in [-0.4, -0.2) is 13.0 Å². The molecule has 0 saturated carbocycles. The van der Waals surface area contributed by atoms with Crippen LogP contribution in [0.3, 0.4) is 0 Å². The number of hydrogen-bond acceptors (Lipinski definition) is 1. The first-order valence-corrected chi connectivity index (χ1v) is 4.88. The minimum absolute atomic E-state index is 0.0352. The average Bonchev–Trinajstić information content (AvgIpc) is 2.22. The molecule has 0 bridgehead atoms. The molecule has 0 fully saturated rings. The maximum Gasteiger partial charge on any atom is 0.250 e. The Bertz CT molecular complexity index is 272. The van der Waals surface area contributed by atoms with Crippen molar-refractivity contribution in [2.75, 3.05) is 7.05 Å². The molecule has 0 aromatic carbocycles. The van der Waals surface area contributed by atoms with Gasteiger partial charge in [0.2, 0.25) is 0 Å². The average molecular weight is 193 g/mol. The monoisotopic (exact) mass is 193 g/mol. The van der Waals surface area contributed by atoms with Gasteiger partial charge in [0.1, 0.15) is 0 Å². The molecule has 0 radical (unpaired) electrons. The van der Waals surface area contributed by atoms with Crippen LogP contribution in [0.1, 0.15) is 27.2 Å². The third kappa shape index (κ3) is 4.65. The summed E-state index contributed by atoms with van der Waals surface area (Å²) in [5, 5.41) is 2.61. The predicted octanol–water partition coefficient (Wildman–Crippen LogP) is 2.59. The SMILES string of the molecule is C\C=C(C)/C=C\C(=C\CC)C(=O)NC. The molecule has 2 heteroatoms. The molecule has 78 valence electrons. The smallest absolute Gasteiger partial charge is 0.250 e. The van der Waals surface area contributed by atoms with Crippen LogP contribution in [0, 0.1) is 0 Å². The summed E-state index contributed by atoms with van der Waals surface area (Å²) in [6.07, 6.45) is 8.57. The molecule has 0 aliphatic carbocycles. The fourth-order valence-corrected chi connectivity index (χ4v) is 0.918. The van der Waals surface area contributed by atoms with Crippen LogP contribution in [0.25, 0.3) is 0 Å². The van der Waals surface area contributed by atoms with Crippen molar-refractivity contribution in [1.29, 1.82) is 0 Å². The van der Waals surface area contributed by atoms with Crippen LogP contribution in [0.5, 0.6) is 0 Å². The van der Waals surface area contributed by atoms with Crippen molar-refractivity contribution in [3.63, 3.8) is 0 Å². The highest BCUT2D eigenvalue weighted by Gasteiger charge is 2.01. The molecule has 2 nitrogen and oxygen atoms in total. The minimum atomic E-state index is -0.0352. The molecule has 0 aliphatic rings. The molecule has 0 rings (SSSR count). The van der Waals surface area contributed by atoms with Crippen LogP contribution in [0.2, 0.25) is 0 Å². The minimum Gasteiger partial charge on any atom is -0.355 e. The van der Waals surface area contributed by atoms with Gasteiger partial charge in [-0.25, -0.2) is 0 Å². The van der Waals surface area contributed by atoms with Gasteiger partial charge < -0.3 is 5.32 Å². The van der Waals surface area contributed by atoms with E-state index in [1.54, 1.807) is 7.05 Å². The van der Waals surface area contributed by atoms with E-state index in [-0.39, 0.29) is 5.91 Å². The second kappa shape index (κ2) is 7.13. The van der Waals surface area contributed by atoms with Gasteiger partial charge in [0, 0.05) is 12.6 Å². The summed E-state index contributed by atoms with van der Waals surface area (Å²) >= 11 is 0. The molecule has 0 spiro atoms. The van der Waals surface area contributed by atoms with Crippen LogP contribution in [-0.2, 0) is 4.79 Å². The molecule has 0 aliphatic heterocycles. The van der Waals surface area contributed by atoms with E-state index in [9.17, 15) is 4.79 Å². The van der Waals surface area contributed by atoms with Crippen molar-refractivity contribution >= 4 is 5.91 Å². The number of carbonyl (C=O) groups excluding carboxylic acids is 1. The van der Waals surface area contributed by atoms with E-state index in [0.717, 1.165) is 17.6 Å². The number of likely N-dealkylation sites (N-methyl/N-ethyl adjacent to an activating group) is 1. The Hall–Kier alpha value is -1.31. The second-order valence-corrected chi connectivity index (χ2v) is 3.01. The molecular weight excluding hydrogens is 174 g/mol. The lowest BCUT2D eigenvalue weighted by molar-refractivity contribution is -0.116. The van der Waals surface area contributed by atoms with Crippen LogP contribution >= 0.6 is 0 Å². The highest BCUT2D eigenvalue weighted by molar-refractivity contribution is 5.95. The summed E-state index contributed by atoms with van der Waals surface area (Å²) in [7, 11) is 1.64. The Morgan fingerprint density at radius 1 is 1.36 bits per heavy atom. The van der Waals surface area contributed by atoms with Gasteiger partial charge in [-0.15, -0.1) is 0 Å². The van der Waals surface area contributed by atoms with Crippen molar-refractivity contribution in [3.05, 3.63) is 35.5 Å². The lowest BCUT2D eigenvalue weighted by Gasteiger charge is -1.99. The first kappa shape index (κ1) is 12.7. The van der Waals surface area contributed by atoms with Gasteiger partial charge in [-0.05, 0) is 26.3 Å². The van der Waals surface area contributed by atoms with Gasteiger partial charge in [-0.3, -0.25) is 4.79 Å². The summed E-state index contributed by atoms with van der Waals surface area (Å²) in [4.78, 5) is 11.4. The molecule has 0 aromatic rings. The molecule has 0 atom stereocenters. The Morgan fingerprint density at radius 3 is 2.43 bits per heavy atom. The zero-order valence-corrected chi connectivity index (χ0v) is 9.42. The van der Waals surface area contributed by atoms with E-state index >= 15 is 0 Å². The van der Waals surface area contributed by atoms with Crippen molar-refractivity contribution in [3.8, 4) is 0 Å². The summed E-state index contributed by atoms with van der Waals surface area (Å²) < 4.78 is 0. The van der Waals surface area contributed by atoms with E-state index in [1.807, 2.05) is 45.1 Å². The standard InChI is InChI=1S/C12H19NO/c1-5-7-11(12(14)13-4)9-8-10(3)6-2/h6-9H,5H2,1-4H3,(H,13,14)/b9-8-,10-6-,11-7-. The third-order valence-corrected chi connectivity index (χ3v) is 1.89. The van der Waals surface area contributed by atoms with E-state index in [2.05, 4.69) is 5.32 Å². The number of nitrogens with one attached hydrogen (secondary N) is 1. The number of hydrogen-bond donors (Lipinski definition) is 1. The fraction of sp³-hybridized carbons (Fsp3) is 0.417. The van der Waals surface area contributed by atoms with Crippen molar-refractivity contribution < 1.29 is 4.79 Å². The molecule has 0 unspecified atom stereocenters. The van der Waals surface area contributed by atoms with E-state index in [0.29, 0.717) is 0 Å². The van der Waals surface area contributed by atoms with Crippen molar-refractivity contribution in [2.24, 2.45) is 0 Å². The van der Waals surface area contributed by atoms with E-state index < -0.39 is 0 Å². The predicted molar refractivity (Wildman–Crippen MR) is 61.0 cm³/mol. The molecule has 1 N–H and O–H groups in total. The Labute approximate surface area is 86.4 Å². The fourth-order valence-electron chi connectivity index (χ4n) is 0.918. The summed E-state index contributed by atoms with van der Waals surface area (Å²) in [5.41, 5.74) is 1.87. The molecule has 1 amide bonds. The topological polar surface area (TPSA) is 29.1 Å². The Balaban J connectivity index is 4.63. The van der Waals surface area contributed by atoms with Gasteiger partial charge in [-0.1, -0.05) is 30.7 Å². The molecule has 0 heterocycles. The number of amides is 1. The van der Waals surface area contributed by atoms with Gasteiger partial charge in [0.25, 0.3) is 5.91 Å². The quantitative estimate of drug-likeness (QED) is 0.539. The van der Waals surface area contributed by atoms with Gasteiger partial charge >= 0.3 is 0 Å². The van der Waals surface area contributed by atoms with Gasteiger partial charge in [0.05, 0.1) is 0 Å². The lowest BCUT2D eigenvalue weighted by Crippen LogP contribution is -2.19. The van der Waals surface area contributed by atoms with E-state index in [4.69, 9.17) is 0 Å². The zero-order chi connectivity index (χ0) is 11.0. The van der Waals surface area contributed by atoms with Gasteiger partial charge in [-0.2, -0.15) is 0 Å². The Kier molecular flexibility index (Phi) is 6.46. The molecule has 14 heavy (non-hydrogen) atoms. The van der Waals surface area contributed by atoms with Crippen LogP contribution in [0.15, 0.2) is 35.5 Å². The maximum absolute atomic E-state index is 11.4. The lowest BCUT2D eigenvalue weighted by atomic mass is 10.1. The molecule has 0 saturated heterocycles. The first-order valence-electron chi connectivity index (χ1n) is 4.88. The van der Waals surface area contributed by atoms with Crippen molar-refractivity contribution in [1.82, 2.24) is 5.32 Å². The second-order valence-electron chi connectivity index (χ2n) is 3.01. The Morgan fingerprint density at radius 2 is 2.00 bits per heavy atom. The third-order valence-electron chi connectivity index (χ3n) is 1.89. The molecule has 0 aromatic heterocycles. The number of allylic oxidation sites excluding steroid dienone is 4. The highest BCUT2D eigenvalue weighted by Crippen LogP contribution is 2.03. The van der Waals surface area contributed by atoms with Crippen LogP contribution in [0.4, 0.5) is 0 Å². The largest absolute Gasteiger partial charge is 0.355 e. The van der Waals surface area contributed by atoms with Gasteiger partial charge in [0.15, 0.2) is 0 Å². The highest BCUT2D eigenvalue weighted by atomic mass is 16.1.